The van der Waals surface area contributed by atoms with Gasteiger partial charge < -0.3 is 0 Å². The first-order valence-corrected chi connectivity index (χ1v) is 2.84. The first-order valence-electron chi connectivity index (χ1n) is 2.84. The van der Waals surface area contributed by atoms with Crippen molar-refractivity contribution in [2.75, 3.05) is 0 Å². The van der Waals surface area contributed by atoms with Crippen LogP contribution in [0, 0.1) is 0 Å². The van der Waals surface area contributed by atoms with E-state index in [1.807, 2.05) is 0 Å². The normalized spacial score (nSPS) is 17.9. The third kappa shape index (κ3) is 4.14. The Morgan fingerprint density at radius 3 is 1.40 bits per heavy atom. The topological polar surface area (TPSA) is 18.5 Å². The average molecular weight is 244 g/mol. The summed E-state index contributed by atoms with van der Waals surface area (Å²) in [7, 11) is 0. The van der Waals surface area contributed by atoms with Crippen LogP contribution in [0.25, 0.3) is 0 Å². The van der Waals surface area contributed by atoms with Crippen LogP contribution < -0.4 is 0 Å². The van der Waals surface area contributed by atoms with E-state index in [9.17, 15) is 35.1 Å². The molecule has 1 aliphatic rings. The summed E-state index contributed by atoms with van der Waals surface area (Å²) in [5.74, 6) is -2.33. The van der Waals surface area contributed by atoms with E-state index in [0.29, 0.717) is 0 Å². The van der Waals surface area contributed by atoms with E-state index in [1.54, 1.807) is 0 Å². The Morgan fingerprint density at radius 2 is 1.33 bits per heavy atom. The second-order valence-corrected chi connectivity index (χ2v) is 1.79. The number of rotatable bonds is 0. The summed E-state index contributed by atoms with van der Waals surface area (Å²) < 4.78 is 87.4. The molecule has 0 saturated carbocycles. The maximum absolute atomic E-state index is 11.6. The van der Waals surface area contributed by atoms with E-state index in [0.717, 1.165) is 0 Å². The van der Waals surface area contributed by atoms with Crippen LogP contribution in [-0.2, 0) is 9.78 Å². The minimum Gasteiger partial charge on any atom is -0.296 e. The second-order valence-electron chi connectivity index (χ2n) is 1.79. The third-order valence-corrected chi connectivity index (χ3v) is 0.790. The molecule has 15 heavy (non-hydrogen) atoms. The lowest BCUT2D eigenvalue weighted by Crippen LogP contribution is -2.14. The molecule has 0 aromatic carbocycles. The van der Waals surface area contributed by atoms with Crippen LogP contribution in [0.5, 0.6) is 0 Å². The van der Waals surface area contributed by atoms with E-state index in [-0.39, 0.29) is 0 Å². The lowest BCUT2D eigenvalue weighted by Gasteiger charge is -1.99. The first kappa shape index (κ1) is 13.7. The van der Waals surface area contributed by atoms with Gasteiger partial charge in [-0.15, -0.1) is 4.89 Å². The molecule has 0 aromatic heterocycles. The molecule has 0 fully saturated rings. The summed E-state index contributed by atoms with van der Waals surface area (Å²) in [6.07, 6.45) is -10.1. The zero-order valence-corrected chi connectivity index (χ0v) is 6.34. The number of halogens is 8. The van der Waals surface area contributed by atoms with E-state index in [4.69, 9.17) is 0 Å². The molecule has 88 valence electrons. The van der Waals surface area contributed by atoms with Gasteiger partial charge in [0, 0.05) is 0 Å². The van der Waals surface area contributed by atoms with Crippen LogP contribution >= 0.6 is 0 Å². The highest BCUT2D eigenvalue weighted by atomic mass is 19.3. The lowest BCUT2D eigenvalue weighted by atomic mass is 10.5. The van der Waals surface area contributed by atoms with Gasteiger partial charge >= 0.3 is 24.3 Å². The zero-order valence-electron chi connectivity index (χ0n) is 6.34. The van der Waals surface area contributed by atoms with Crippen LogP contribution in [-0.4, -0.2) is 6.11 Å². The Morgan fingerprint density at radius 1 is 0.933 bits per heavy atom. The van der Waals surface area contributed by atoms with Crippen molar-refractivity contribution in [1.82, 2.24) is 0 Å². The Bertz CT molecular complexity index is 277. The van der Waals surface area contributed by atoms with Gasteiger partial charge in [0.15, 0.2) is 0 Å². The Labute approximate surface area is 76.3 Å². The molecule has 0 saturated heterocycles. The zero-order chi connectivity index (χ0) is 12.2. The summed E-state index contributed by atoms with van der Waals surface area (Å²) >= 11 is 0. The van der Waals surface area contributed by atoms with Gasteiger partial charge in [0.1, 0.15) is 0 Å². The molecule has 0 atom stereocenters. The quantitative estimate of drug-likeness (QED) is 0.478. The average Bonchev–Trinajstić information content (AvgIpc) is 2.34. The molecule has 1 heterocycles. The van der Waals surface area contributed by atoms with Gasteiger partial charge in [0.2, 0.25) is 0 Å². The van der Waals surface area contributed by atoms with Crippen molar-refractivity contribution in [2.45, 2.75) is 6.11 Å². The monoisotopic (exact) mass is 244 g/mol. The Balaban J connectivity index is 0.000000288. The SMILES string of the molecule is FC(F)=C(F)F.FC1=C(F)C(F)(F)OO1. The molecule has 0 aromatic rings. The summed E-state index contributed by atoms with van der Waals surface area (Å²) in [4.78, 5) is 5.98. The van der Waals surface area contributed by atoms with Gasteiger partial charge in [0.05, 0.1) is 0 Å². The molecule has 10 heteroatoms. The van der Waals surface area contributed by atoms with Gasteiger partial charge in [-0.1, -0.05) is 0 Å². The van der Waals surface area contributed by atoms with E-state index >= 15 is 0 Å². The van der Waals surface area contributed by atoms with E-state index in [1.165, 1.54) is 0 Å². The molecular formula is C5F8O2. The van der Waals surface area contributed by atoms with Gasteiger partial charge in [0.25, 0.3) is 5.83 Å². The number of alkyl halides is 2. The van der Waals surface area contributed by atoms with Crippen molar-refractivity contribution in [1.29, 1.82) is 0 Å². The molecule has 0 spiro atoms. The fraction of sp³-hybridized carbons (Fsp3) is 0.200. The first-order chi connectivity index (χ1) is 6.68. The van der Waals surface area contributed by atoms with Crippen molar-refractivity contribution >= 4 is 0 Å². The van der Waals surface area contributed by atoms with Crippen LogP contribution in [0.15, 0.2) is 24.0 Å². The van der Waals surface area contributed by atoms with Crippen LogP contribution in [0.4, 0.5) is 35.1 Å². The van der Waals surface area contributed by atoms with Crippen molar-refractivity contribution in [3.8, 4) is 0 Å². The molecule has 0 bridgehead atoms. The number of hydrogen-bond donors (Lipinski definition) is 0. The molecule has 0 radical (unpaired) electrons. The van der Waals surface area contributed by atoms with Gasteiger partial charge in [-0.2, -0.15) is 35.1 Å². The number of hydrogen-bond acceptors (Lipinski definition) is 2. The second kappa shape index (κ2) is 4.96. The van der Waals surface area contributed by atoms with Crippen molar-refractivity contribution in [3.63, 3.8) is 0 Å². The molecule has 1 rings (SSSR count). The summed E-state index contributed by atoms with van der Waals surface area (Å²) in [6.45, 7) is 0. The lowest BCUT2D eigenvalue weighted by molar-refractivity contribution is -0.389. The molecule has 1 aliphatic heterocycles. The molecule has 0 aliphatic carbocycles. The molecule has 0 amide bonds. The summed E-state index contributed by atoms with van der Waals surface area (Å²) in [5.41, 5.74) is 0. The Kier molecular flexibility index (Phi) is 4.52. The highest BCUT2D eigenvalue weighted by Gasteiger charge is 2.49. The Hall–Kier alpha value is -1.32. The minimum atomic E-state index is -4.26. The van der Waals surface area contributed by atoms with E-state index in [2.05, 4.69) is 9.78 Å². The van der Waals surface area contributed by atoms with Crippen molar-refractivity contribution in [3.05, 3.63) is 24.0 Å². The largest absolute Gasteiger partial charge is 0.450 e. The van der Waals surface area contributed by atoms with Crippen molar-refractivity contribution in [2.24, 2.45) is 0 Å². The predicted octanol–water partition coefficient (Wildman–Crippen LogP) is 3.64. The van der Waals surface area contributed by atoms with Gasteiger partial charge in [-0.3, -0.25) is 4.89 Å². The van der Waals surface area contributed by atoms with Crippen LogP contribution in [0.2, 0.25) is 0 Å². The van der Waals surface area contributed by atoms with E-state index < -0.39 is 30.1 Å². The van der Waals surface area contributed by atoms with Crippen LogP contribution in [0.1, 0.15) is 0 Å². The summed E-state index contributed by atoms with van der Waals surface area (Å²) in [6, 6.07) is -2.03. The highest BCUT2D eigenvalue weighted by Crippen LogP contribution is 2.36. The van der Waals surface area contributed by atoms with Crippen molar-refractivity contribution < 1.29 is 44.9 Å². The predicted molar refractivity (Wildman–Crippen MR) is 27.8 cm³/mol. The molecule has 2 nitrogen and oxygen atoms in total. The smallest absolute Gasteiger partial charge is 0.296 e. The molecule has 0 N–H and O–H groups in total. The van der Waals surface area contributed by atoms with Gasteiger partial charge in [-0.25, -0.2) is 0 Å². The maximum Gasteiger partial charge on any atom is 0.450 e. The minimum absolute atomic E-state index is 2.03. The molecular weight excluding hydrogens is 244 g/mol. The molecule has 0 unspecified atom stereocenters. The standard InChI is InChI=1S/C3F4O2.C2F4/c4-1-2(5)8-9-3(1,6)7;3-1(4)2(5)6. The summed E-state index contributed by atoms with van der Waals surface area (Å²) in [5, 5.41) is 0. The third-order valence-electron chi connectivity index (χ3n) is 0.790. The van der Waals surface area contributed by atoms with Gasteiger partial charge in [-0.05, 0) is 0 Å². The fourth-order valence-corrected chi connectivity index (χ4v) is 0.276. The highest BCUT2D eigenvalue weighted by molar-refractivity contribution is 5.02. The van der Waals surface area contributed by atoms with Crippen LogP contribution in [0.3, 0.4) is 0 Å². The maximum atomic E-state index is 11.6. The fourth-order valence-electron chi connectivity index (χ4n) is 0.276.